The number of amides is 9. The number of esters is 1. The minimum atomic E-state index is -1.95. The number of unbranched alkanes of at least 4 members (excludes halogenated alkanes) is 5. The van der Waals surface area contributed by atoms with Crippen molar-refractivity contribution in [1.29, 1.82) is 0 Å². The van der Waals surface area contributed by atoms with Crippen LogP contribution in [0.1, 0.15) is 179 Å². The van der Waals surface area contributed by atoms with Gasteiger partial charge in [-0.1, -0.05) is 128 Å². The maximum atomic E-state index is 14.8. The maximum absolute atomic E-state index is 14.8. The summed E-state index contributed by atoms with van der Waals surface area (Å²) in [6.45, 7) is 18.5. The van der Waals surface area contributed by atoms with Crippen molar-refractivity contribution in [2.45, 2.75) is 246 Å². The van der Waals surface area contributed by atoms with Crippen molar-refractivity contribution in [3.05, 3.63) is 0 Å². The summed E-state index contributed by atoms with van der Waals surface area (Å²) < 4.78 is 5.85. The van der Waals surface area contributed by atoms with E-state index in [-0.39, 0.29) is 56.3 Å². The van der Waals surface area contributed by atoms with E-state index < -0.39 is 170 Å². The number of carboxylic acid groups (broad SMARTS) is 1. The van der Waals surface area contributed by atoms with Crippen LogP contribution in [-0.2, 0) is 57.5 Å². The van der Waals surface area contributed by atoms with Gasteiger partial charge in [0, 0.05) is 6.42 Å². The molecule has 0 aromatic heterocycles. The van der Waals surface area contributed by atoms with E-state index in [1.807, 2.05) is 0 Å². The Hall–Kier alpha value is -5.95. The highest BCUT2D eigenvalue weighted by Crippen LogP contribution is 2.18. The van der Waals surface area contributed by atoms with Gasteiger partial charge in [-0.25, -0.2) is 4.79 Å². The van der Waals surface area contributed by atoms with Crippen molar-refractivity contribution < 1.29 is 77.9 Å². The van der Waals surface area contributed by atoms with E-state index >= 15 is 0 Å². The van der Waals surface area contributed by atoms with E-state index in [9.17, 15) is 73.2 Å². The lowest BCUT2D eigenvalue weighted by molar-refractivity contribution is -0.158. The minimum Gasteiger partial charge on any atom is -0.481 e. The number of carbonyl (C=O) groups is 11. The highest BCUT2D eigenvalue weighted by molar-refractivity contribution is 5.99. The molecule has 13 N–H and O–H groups in total. The zero-order valence-electron chi connectivity index (χ0n) is 49.9. The molecule has 6 unspecified atom stereocenters. The average Bonchev–Trinajstić information content (AvgIpc) is 3.42. The minimum absolute atomic E-state index is 0.00956. The first kappa shape index (κ1) is 73.1. The second kappa shape index (κ2) is 37.9. The average molecular weight is 1150 g/mol. The second-order valence-corrected chi connectivity index (χ2v) is 22.9. The number of aliphatic carboxylic acids is 1. The Morgan fingerprint density at radius 3 is 1.52 bits per heavy atom. The van der Waals surface area contributed by atoms with E-state index in [1.54, 1.807) is 69.2 Å². The number of carboxylic acids is 1. The Labute approximate surface area is 478 Å². The van der Waals surface area contributed by atoms with Gasteiger partial charge in [-0.05, 0) is 68.6 Å². The number of aliphatic hydroxyl groups is 3. The van der Waals surface area contributed by atoms with Crippen molar-refractivity contribution in [2.75, 3.05) is 13.2 Å². The fourth-order valence-electron chi connectivity index (χ4n) is 8.96. The summed E-state index contributed by atoms with van der Waals surface area (Å²) in [5.41, 5.74) is 0. The monoisotopic (exact) mass is 1150 g/mol. The van der Waals surface area contributed by atoms with Crippen LogP contribution in [0.25, 0.3) is 0 Å². The van der Waals surface area contributed by atoms with Crippen LogP contribution in [-0.4, -0.2) is 165 Å². The third-order valence-electron chi connectivity index (χ3n) is 14.2. The highest BCUT2D eigenvalue weighted by atomic mass is 16.5. The summed E-state index contributed by atoms with van der Waals surface area (Å²) >= 11 is 0. The molecule has 0 spiro atoms. The van der Waals surface area contributed by atoms with E-state index in [0.29, 0.717) is 12.8 Å². The Morgan fingerprint density at radius 2 is 1.02 bits per heavy atom. The molecule has 1 heterocycles. The summed E-state index contributed by atoms with van der Waals surface area (Å²) in [7, 11) is 0. The van der Waals surface area contributed by atoms with Crippen LogP contribution in [0, 0.1) is 29.6 Å². The predicted molar refractivity (Wildman–Crippen MR) is 300 cm³/mol. The van der Waals surface area contributed by atoms with Gasteiger partial charge >= 0.3 is 11.9 Å². The molecule has 1 aliphatic rings. The molecule has 0 bridgehead atoms. The van der Waals surface area contributed by atoms with Crippen LogP contribution in [0.4, 0.5) is 0 Å². The Bertz CT molecular complexity index is 2060. The molecule has 25 nitrogen and oxygen atoms in total. The van der Waals surface area contributed by atoms with Crippen molar-refractivity contribution in [1.82, 2.24) is 47.9 Å². The van der Waals surface area contributed by atoms with E-state index in [1.165, 1.54) is 6.92 Å². The highest BCUT2D eigenvalue weighted by Gasteiger charge is 2.41. The number of carbonyl (C=O) groups excluding carboxylic acids is 10. The molecule has 464 valence electrons. The van der Waals surface area contributed by atoms with Gasteiger partial charge in [0.25, 0.3) is 0 Å². The van der Waals surface area contributed by atoms with Gasteiger partial charge in [-0.2, -0.15) is 0 Å². The summed E-state index contributed by atoms with van der Waals surface area (Å²) in [5.74, 6) is -13.3. The van der Waals surface area contributed by atoms with Crippen LogP contribution in [0.15, 0.2) is 0 Å². The maximum Gasteiger partial charge on any atom is 0.329 e. The van der Waals surface area contributed by atoms with Crippen LogP contribution in [0.2, 0.25) is 0 Å². The predicted octanol–water partition coefficient (Wildman–Crippen LogP) is 0.876. The van der Waals surface area contributed by atoms with Gasteiger partial charge in [0.1, 0.15) is 60.5 Å². The van der Waals surface area contributed by atoms with E-state index in [0.717, 1.165) is 32.1 Å². The molecule has 0 radical (unpaired) electrons. The van der Waals surface area contributed by atoms with Gasteiger partial charge < -0.3 is 73.0 Å². The first-order valence-electron chi connectivity index (χ1n) is 29.1. The van der Waals surface area contributed by atoms with Crippen molar-refractivity contribution in [3.63, 3.8) is 0 Å². The van der Waals surface area contributed by atoms with Crippen LogP contribution in [0.5, 0.6) is 0 Å². The van der Waals surface area contributed by atoms with Crippen LogP contribution < -0.4 is 47.9 Å². The molecule has 1 saturated heterocycles. The quantitative estimate of drug-likeness (QED) is 0.0365. The Balaban J connectivity index is 4.01. The second-order valence-electron chi connectivity index (χ2n) is 22.9. The molecule has 1 rings (SSSR count). The number of cyclic esters (lactones) is 1. The van der Waals surface area contributed by atoms with Crippen molar-refractivity contribution >= 4 is 65.1 Å². The van der Waals surface area contributed by atoms with E-state index in [2.05, 4.69) is 54.8 Å². The fraction of sp³-hybridized carbons (Fsp3) is 0.804. The van der Waals surface area contributed by atoms with E-state index in [4.69, 9.17) is 4.74 Å². The van der Waals surface area contributed by atoms with Crippen LogP contribution >= 0.6 is 0 Å². The zero-order valence-corrected chi connectivity index (χ0v) is 49.9. The lowest BCUT2D eigenvalue weighted by atomic mass is 9.96. The van der Waals surface area contributed by atoms with Gasteiger partial charge in [0.05, 0.1) is 25.7 Å². The summed E-state index contributed by atoms with van der Waals surface area (Å²) in [4.78, 5) is 153. The molecule has 9 amide bonds. The summed E-state index contributed by atoms with van der Waals surface area (Å²) in [5, 5.41) is 63.8. The first-order chi connectivity index (χ1) is 38.0. The number of rotatable bonds is 29. The molecule has 81 heavy (non-hydrogen) atoms. The molecule has 0 aromatic carbocycles. The molecule has 1 fully saturated rings. The molecular formula is C56H99N9O16. The molecule has 13 atom stereocenters. The normalized spacial score (nSPS) is 24.0. The Morgan fingerprint density at radius 1 is 0.556 bits per heavy atom. The molecule has 0 aliphatic carbocycles. The smallest absolute Gasteiger partial charge is 0.329 e. The number of hydrogen-bond donors (Lipinski definition) is 13. The molecule has 0 saturated carbocycles. The molecule has 0 aromatic rings. The van der Waals surface area contributed by atoms with Crippen molar-refractivity contribution in [2.24, 2.45) is 29.6 Å². The van der Waals surface area contributed by atoms with Gasteiger partial charge in [0.15, 0.2) is 0 Å². The first-order valence-corrected chi connectivity index (χ1v) is 29.1. The standard InChI is InChI=1S/C56H99N9O16/c1-13-16-17-18-19-20-21-36(68)27-43(69)57-38(24-30(4)5)49(73)58-37(22-23-44(70)71)48(72)65-47-35(12)81-56(80)46(34(11)15-3)64-53(77)42(29-67)62-50(74)39(25-31(6)7)59-52(76)41(28-66)61-51(75)40(26-32(8)9)60-54(78)45(33(10)14-2)63-55(47)79/h30-42,45-47,66-68H,13-29H2,1-12H3,(H,57,69)(H,58,73)(H,59,76)(H,60,78)(H,61,75)(H,62,74)(H,63,79)(H,64,77)(H,65,72)(H,70,71)/t33?,34?,35?,36-,37+,38-,39-,40-,41+,42+,45?,46?,47?/m0/s1. The number of hydrogen-bond acceptors (Lipinski definition) is 15. The largest absolute Gasteiger partial charge is 0.481 e. The molecular weight excluding hydrogens is 1050 g/mol. The van der Waals surface area contributed by atoms with Gasteiger partial charge in [-0.3, -0.25) is 47.9 Å². The van der Waals surface area contributed by atoms with Crippen molar-refractivity contribution in [3.8, 4) is 0 Å². The number of ether oxygens (including phenoxy) is 1. The SMILES string of the molecule is CCCCCCCC[C@H](O)CC(=O)N[C@@H](CC(C)C)C(=O)N[C@H](CCC(=O)O)C(=O)NC1C(=O)NC(C(C)CC)C(=O)N[C@@H](CC(C)C)C(=O)N[C@H](CO)C(=O)N[C@@H](CC(C)C)C(=O)N[C@H](CO)C(=O)NC(C(C)CC)C(=O)OC1C. The lowest BCUT2D eigenvalue weighted by Gasteiger charge is -2.32. The fourth-order valence-corrected chi connectivity index (χ4v) is 8.96. The van der Waals surface area contributed by atoms with Gasteiger partial charge in [-0.15, -0.1) is 0 Å². The van der Waals surface area contributed by atoms with Crippen LogP contribution in [0.3, 0.4) is 0 Å². The summed E-state index contributed by atoms with van der Waals surface area (Å²) in [6.07, 6.45) is 2.51. The molecule has 25 heteroatoms. The summed E-state index contributed by atoms with van der Waals surface area (Å²) in [6, 6.07) is -14.1. The third-order valence-corrected chi connectivity index (χ3v) is 14.2. The van der Waals surface area contributed by atoms with Gasteiger partial charge in [0.2, 0.25) is 53.2 Å². The third kappa shape index (κ3) is 27.1. The topological polar surface area (TPSA) is 386 Å². The zero-order chi connectivity index (χ0) is 61.7. The Kier molecular flexibility index (Phi) is 34.2. The molecule has 1 aliphatic heterocycles. The number of aliphatic hydroxyl groups excluding tert-OH is 3. The lowest BCUT2D eigenvalue weighted by Crippen LogP contribution is -2.64. The number of nitrogens with one attached hydrogen (secondary N) is 9.